The van der Waals surface area contributed by atoms with Gasteiger partial charge in [0.2, 0.25) is 5.91 Å². The number of amides is 1. The zero-order chi connectivity index (χ0) is 12.1. The van der Waals surface area contributed by atoms with Gasteiger partial charge in [-0.1, -0.05) is 0 Å². The lowest BCUT2D eigenvalue weighted by Crippen LogP contribution is -2.37. The molecule has 1 fully saturated rings. The summed E-state index contributed by atoms with van der Waals surface area (Å²) in [5.41, 5.74) is 0. The van der Waals surface area contributed by atoms with Crippen LogP contribution in [-0.2, 0) is 9.53 Å². The van der Waals surface area contributed by atoms with Crippen LogP contribution in [0.25, 0.3) is 0 Å². The first-order chi connectivity index (χ1) is 8.29. The molecule has 6 heteroatoms. The van der Waals surface area contributed by atoms with E-state index in [1.807, 2.05) is 11.6 Å². The fourth-order valence-electron chi connectivity index (χ4n) is 1.92. The van der Waals surface area contributed by atoms with E-state index < -0.39 is 0 Å². The Hall–Kier alpha value is -1.14. The Morgan fingerprint density at radius 3 is 3.35 bits per heavy atom. The van der Waals surface area contributed by atoms with Gasteiger partial charge in [0.15, 0.2) is 5.13 Å². The molecule has 1 atom stereocenters. The molecular formula is C11H17N3O2S. The lowest BCUT2D eigenvalue weighted by atomic mass is 10.2. The van der Waals surface area contributed by atoms with Gasteiger partial charge in [0.25, 0.3) is 0 Å². The van der Waals surface area contributed by atoms with Crippen molar-refractivity contribution in [1.82, 2.24) is 10.3 Å². The molecule has 1 aliphatic heterocycles. The Morgan fingerprint density at radius 2 is 2.65 bits per heavy atom. The van der Waals surface area contributed by atoms with Crippen molar-refractivity contribution in [3.05, 3.63) is 11.6 Å². The lowest BCUT2D eigenvalue weighted by molar-refractivity contribution is -0.122. The highest BCUT2D eigenvalue weighted by molar-refractivity contribution is 7.13. The number of ether oxygens (including phenoxy) is 1. The minimum atomic E-state index is 0.0674. The number of aromatic nitrogens is 1. The average molecular weight is 255 g/mol. The normalized spacial score (nSPS) is 19.6. The van der Waals surface area contributed by atoms with Gasteiger partial charge >= 0.3 is 0 Å². The fourth-order valence-corrected chi connectivity index (χ4v) is 2.60. The number of hydrogen-bond donors (Lipinski definition) is 1. The van der Waals surface area contributed by atoms with Crippen molar-refractivity contribution in [2.24, 2.45) is 0 Å². The summed E-state index contributed by atoms with van der Waals surface area (Å²) in [6.07, 6.45) is 3.23. The van der Waals surface area contributed by atoms with Crippen LogP contribution in [0.2, 0.25) is 0 Å². The third-order valence-electron chi connectivity index (χ3n) is 2.78. The van der Waals surface area contributed by atoms with Gasteiger partial charge in [0.1, 0.15) is 0 Å². The summed E-state index contributed by atoms with van der Waals surface area (Å²) in [7, 11) is 1.60. The van der Waals surface area contributed by atoms with E-state index in [2.05, 4.69) is 15.2 Å². The molecule has 0 aliphatic carbocycles. The fraction of sp³-hybridized carbons (Fsp3) is 0.636. The summed E-state index contributed by atoms with van der Waals surface area (Å²) < 4.78 is 4.88. The molecule has 2 rings (SSSR count). The molecule has 1 aliphatic rings. The monoisotopic (exact) mass is 255 g/mol. The number of nitrogens with one attached hydrogen (secondary N) is 1. The van der Waals surface area contributed by atoms with Gasteiger partial charge < -0.3 is 15.0 Å². The summed E-state index contributed by atoms with van der Waals surface area (Å²) in [5.74, 6) is 0.0674. The highest BCUT2D eigenvalue weighted by Crippen LogP contribution is 2.22. The second-order valence-corrected chi connectivity index (χ2v) is 4.93. The van der Waals surface area contributed by atoms with E-state index >= 15 is 0 Å². The number of anilines is 1. The van der Waals surface area contributed by atoms with E-state index in [1.54, 1.807) is 18.4 Å². The first-order valence-corrected chi connectivity index (χ1v) is 6.60. The molecule has 1 saturated heterocycles. The minimum absolute atomic E-state index is 0.0674. The van der Waals surface area contributed by atoms with E-state index in [-0.39, 0.29) is 11.9 Å². The van der Waals surface area contributed by atoms with Crippen molar-refractivity contribution in [2.45, 2.75) is 18.9 Å². The molecule has 1 amide bonds. The molecule has 1 unspecified atom stereocenters. The SMILES string of the molecule is COCCC(=O)NC1CCN(c2nccs2)C1. The molecule has 1 N–H and O–H groups in total. The summed E-state index contributed by atoms with van der Waals surface area (Å²) in [5, 5.41) is 6.03. The Balaban J connectivity index is 1.76. The van der Waals surface area contributed by atoms with Gasteiger partial charge in [-0.15, -0.1) is 11.3 Å². The van der Waals surface area contributed by atoms with Crippen molar-refractivity contribution in [3.8, 4) is 0 Å². The van der Waals surface area contributed by atoms with Crippen LogP contribution in [0.3, 0.4) is 0 Å². The second-order valence-electron chi connectivity index (χ2n) is 4.06. The summed E-state index contributed by atoms with van der Waals surface area (Å²) in [6.45, 7) is 2.30. The number of nitrogens with zero attached hydrogens (tertiary/aromatic N) is 2. The summed E-state index contributed by atoms with van der Waals surface area (Å²) in [4.78, 5) is 18.0. The first-order valence-electron chi connectivity index (χ1n) is 5.72. The first kappa shape index (κ1) is 12.3. The highest BCUT2D eigenvalue weighted by Gasteiger charge is 2.24. The van der Waals surface area contributed by atoms with Crippen molar-refractivity contribution >= 4 is 22.4 Å². The molecule has 0 aromatic carbocycles. The number of carbonyl (C=O) groups is 1. The molecule has 17 heavy (non-hydrogen) atoms. The van der Waals surface area contributed by atoms with E-state index in [9.17, 15) is 4.79 Å². The number of rotatable bonds is 5. The molecule has 1 aromatic rings. The third-order valence-corrected chi connectivity index (χ3v) is 3.61. The zero-order valence-electron chi connectivity index (χ0n) is 9.89. The van der Waals surface area contributed by atoms with E-state index in [0.717, 1.165) is 24.6 Å². The van der Waals surface area contributed by atoms with Gasteiger partial charge in [-0.25, -0.2) is 4.98 Å². The molecule has 0 radical (unpaired) electrons. The molecule has 1 aromatic heterocycles. The van der Waals surface area contributed by atoms with Crippen LogP contribution < -0.4 is 10.2 Å². The number of methoxy groups -OCH3 is 1. The van der Waals surface area contributed by atoms with Gasteiger partial charge in [-0.3, -0.25) is 4.79 Å². The maximum Gasteiger partial charge on any atom is 0.222 e. The lowest BCUT2D eigenvalue weighted by Gasteiger charge is -2.15. The number of carbonyl (C=O) groups excluding carboxylic acids is 1. The van der Waals surface area contributed by atoms with Gasteiger partial charge in [-0.05, 0) is 6.42 Å². The molecule has 94 valence electrons. The van der Waals surface area contributed by atoms with Crippen LogP contribution in [0.4, 0.5) is 5.13 Å². The van der Waals surface area contributed by atoms with Crippen LogP contribution in [0.15, 0.2) is 11.6 Å². The highest BCUT2D eigenvalue weighted by atomic mass is 32.1. The topological polar surface area (TPSA) is 54.5 Å². The number of hydrogen-bond acceptors (Lipinski definition) is 5. The average Bonchev–Trinajstić information content (AvgIpc) is 2.95. The molecule has 0 spiro atoms. The van der Waals surface area contributed by atoms with Crippen LogP contribution in [0.1, 0.15) is 12.8 Å². The van der Waals surface area contributed by atoms with Gasteiger partial charge in [0, 0.05) is 44.2 Å². The van der Waals surface area contributed by atoms with E-state index in [0.29, 0.717) is 13.0 Å². The summed E-state index contributed by atoms with van der Waals surface area (Å²) >= 11 is 1.64. The van der Waals surface area contributed by atoms with Crippen LogP contribution in [0, 0.1) is 0 Å². The Labute approximate surface area is 105 Å². The standard InChI is InChI=1S/C11H17N3O2S/c1-16-6-3-10(15)13-9-2-5-14(8-9)11-12-4-7-17-11/h4,7,9H,2-3,5-6,8H2,1H3,(H,13,15). The maximum absolute atomic E-state index is 11.5. The third kappa shape index (κ3) is 3.41. The second kappa shape index (κ2) is 5.97. The maximum atomic E-state index is 11.5. The Bertz CT molecular complexity index is 356. The molecular weight excluding hydrogens is 238 g/mol. The van der Waals surface area contributed by atoms with Crippen molar-refractivity contribution in [3.63, 3.8) is 0 Å². The van der Waals surface area contributed by atoms with Gasteiger partial charge in [-0.2, -0.15) is 0 Å². The molecule has 0 saturated carbocycles. The van der Waals surface area contributed by atoms with Crippen molar-refractivity contribution in [1.29, 1.82) is 0 Å². The van der Waals surface area contributed by atoms with E-state index in [1.165, 1.54) is 0 Å². The van der Waals surface area contributed by atoms with Crippen LogP contribution in [-0.4, -0.2) is 43.7 Å². The minimum Gasteiger partial charge on any atom is -0.384 e. The smallest absolute Gasteiger partial charge is 0.222 e. The Morgan fingerprint density at radius 1 is 1.76 bits per heavy atom. The van der Waals surface area contributed by atoms with Crippen molar-refractivity contribution in [2.75, 3.05) is 31.7 Å². The predicted octanol–water partition coefficient (Wildman–Crippen LogP) is 0.874. The Kier molecular flexibility index (Phi) is 4.33. The van der Waals surface area contributed by atoms with E-state index in [4.69, 9.17) is 4.74 Å². The van der Waals surface area contributed by atoms with Crippen LogP contribution >= 0.6 is 11.3 Å². The predicted molar refractivity (Wildman–Crippen MR) is 67.4 cm³/mol. The molecule has 5 nitrogen and oxygen atoms in total. The molecule has 0 bridgehead atoms. The number of thiazole rings is 1. The largest absolute Gasteiger partial charge is 0.384 e. The zero-order valence-corrected chi connectivity index (χ0v) is 10.7. The van der Waals surface area contributed by atoms with Crippen molar-refractivity contribution < 1.29 is 9.53 Å². The quantitative estimate of drug-likeness (QED) is 0.848. The summed E-state index contributed by atoms with van der Waals surface area (Å²) in [6, 6.07) is 0.239. The molecule has 2 heterocycles. The van der Waals surface area contributed by atoms with Crippen LogP contribution in [0.5, 0.6) is 0 Å². The van der Waals surface area contributed by atoms with Gasteiger partial charge in [0.05, 0.1) is 6.61 Å².